The number of rotatable bonds is 4. The Labute approximate surface area is 111 Å². The molecule has 0 bridgehead atoms. The lowest BCUT2D eigenvalue weighted by molar-refractivity contribution is 0.0698. The van der Waals surface area contributed by atoms with Gasteiger partial charge in [-0.2, -0.15) is 5.10 Å². The molecule has 0 spiro atoms. The summed E-state index contributed by atoms with van der Waals surface area (Å²) in [7, 11) is 1.90. The highest BCUT2D eigenvalue weighted by Crippen LogP contribution is 2.18. The second-order valence-electron chi connectivity index (χ2n) is 4.48. The predicted octanol–water partition coefficient (Wildman–Crippen LogP) is 2.35. The molecule has 0 saturated heterocycles. The average molecular weight is 259 g/mol. The number of benzene rings is 1. The Hall–Kier alpha value is -2.30. The minimum atomic E-state index is -0.928. The molecule has 5 nitrogen and oxygen atoms in total. The molecule has 19 heavy (non-hydrogen) atoms. The van der Waals surface area contributed by atoms with Crippen LogP contribution in [0.3, 0.4) is 0 Å². The Balaban J connectivity index is 2.22. The maximum Gasteiger partial charge on any atom is 0.337 e. The summed E-state index contributed by atoms with van der Waals surface area (Å²) in [5, 5.41) is 16.6. The van der Waals surface area contributed by atoms with Crippen molar-refractivity contribution in [2.45, 2.75) is 20.4 Å². The van der Waals surface area contributed by atoms with Crippen molar-refractivity contribution in [2.24, 2.45) is 7.05 Å². The van der Waals surface area contributed by atoms with Crippen LogP contribution in [-0.4, -0.2) is 20.9 Å². The SMILES string of the molecule is Cc1nn(C)c(C)c1CNc1ccccc1C(=O)O. The number of carbonyl (C=O) groups is 1. The quantitative estimate of drug-likeness (QED) is 0.884. The molecule has 1 heterocycles. The summed E-state index contributed by atoms with van der Waals surface area (Å²) in [5.74, 6) is -0.928. The summed E-state index contributed by atoms with van der Waals surface area (Å²) in [4.78, 5) is 11.1. The number of aromatic carboxylic acids is 1. The molecule has 0 aliphatic heterocycles. The Morgan fingerprint density at radius 1 is 1.37 bits per heavy atom. The number of aromatic nitrogens is 2. The van der Waals surface area contributed by atoms with Crippen molar-refractivity contribution in [3.63, 3.8) is 0 Å². The van der Waals surface area contributed by atoms with Gasteiger partial charge in [0.25, 0.3) is 0 Å². The van der Waals surface area contributed by atoms with Gasteiger partial charge in [0.1, 0.15) is 0 Å². The maximum atomic E-state index is 11.1. The lowest BCUT2D eigenvalue weighted by Crippen LogP contribution is -2.07. The molecular formula is C14H17N3O2. The first-order valence-corrected chi connectivity index (χ1v) is 6.06. The van der Waals surface area contributed by atoms with E-state index in [1.807, 2.05) is 31.6 Å². The molecule has 0 aliphatic rings. The van der Waals surface area contributed by atoms with Gasteiger partial charge in [-0.1, -0.05) is 12.1 Å². The monoisotopic (exact) mass is 259 g/mol. The Kier molecular flexibility index (Phi) is 3.55. The van der Waals surface area contributed by atoms with Crippen LogP contribution in [0.1, 0.15) is 27.3 Å². The third kappa shape index (κ3) is 2.59. The van der Waals surface area contributed by atoms with E-state index < -0.39 is 5.97 Å². The van der Waals surface area contributed by atoms with E-state index >= 15 is 0 Å². The van der Waals surface area contributed by atoms with E-state index in [4.69, 9.17) is 5.11 Å². The summed E-state index contributed by atoms with van der Waals surface area (Å²) < 4.78 is 1.83. The minimum absolute atomic E-state index is 0.279. The zero-order valence-electron chi connectivity index (χ0n) is 11.3. The van der Waals surface area contributed by atoms with Gasteiger partial charge in [-0.3, -0.25) is 4.68 Å². The number of hydrogen-bond acceptors (Lipinski definition) is 3. The van der Waals surface area contributed by atoms with Crippen LogP contribution in [0.2, 0.25) is 0 Å². The summed E-state index contributed by atoms with van der Waals surface area (Å²) in [6.45, 7) is 4.52. The van der Waals surface area contributed by atoms with Gasteiger partial charge in [-0.15, -0.1) is 0 Å². The average Bonchev–Trinajstić information content (AvgIpc) is 2.61. The van der Waals surface area contributed by atoms with Gasteiger partial charge in [0.15, 0.2) is 0 Å². The first-order valence-electron chi connectivity index (χ1n) is 6.06. The molecule has 2 rings (SSSR count). The fourth-order valence-corrected chi connectivity index (χ4v) is 2.08. The molecule has 0 fully saturated rings. The maximum absolute atomic E-state index is 11.1. The number of nitrogens with one attached hydrogen (secondary N) is 1. The summed E-state index contributed by atoms with van der Waals surface area (Å²) in [5.41, 5.74) is 4.04. The third-order valence-corrected chi connectivity index (χ3v) is 3.27. The van der Waals surface area contributed by atoms with Crippen molar-refractivity contribution in [1.82, 2.24) is 9.78 Å². The van der Waals surface area contributed by atoms with E-state index in [2.05, 4.69) is 10.4 Å². The fourth-order valence-electron chi connectivity index (χ4n) is 2.08. The summed E-state index contributed by atoms with van der Waals surface area (Å²) >= 11 is 0. The minimum Gasteiger partial charge on any atom is -0.478 e. The normalized spacial score (nSPS) is 10.5. The number of anilines is 1. The van der Waals surface area contributed by atoms with Gasteiger partial charge in [0, 0.05) is 30.5 Å². The second-order valence-corrected chi connectivity index (χ2v) is 4.48. The number of para-hydroxylation sites is 1. The van der Waals surface area contributed by atoms with Gasteiger partial charge in [0.2, 0.25) is 0 Å². The van der Waals surface area contributed by atoms with Crippen molar-refractivity contribution in [3.8, 4) is 0 Å². The zero-order chi connectivity index (χ0) is 14.0. The predicted molar refractivity (Wildman–Crippen MR) is 73.4 cm³/mol. The van der Waals surface area contributed by atoms with Gasteiger partial charge < -0.3 is 10.4 Å². The highest BCUT2D eigenvalue weighted by Gasteiger charge is 2.12. The highest BCUT2D eigenvalue weighted by molar-refractivity contribution is 5.94. The smallest absolute Gasteiger partial charge is 0.337 e. The molecule has 0 aliphatic carbocycles. The first kappa shape index (κ1) is 13.1. The number of aryl methyl sites for hydroxylation is 2. The molecule has 0 radical (unpaired) electrons. The van der Waals surface area contributed by atoms with Crippen LogP contribution in [0, 0.1) is 13.8 Å². The number of hydrogen-bond donors (Lipinski definition) is 2. The van der Waals surface area contributed by atoms with E-state index in [-0.39, 0.29) is 5.56 Å². The number of carboxylic acids is 1. The van der Waals surface area contributed by atoms with Crippen LogP contribution >= 0.6 is 0 Å². The molecule has 2 aromatic rings. The lowest BCUT2D eigenvalue weighted by Gasteiger charge is -2.09. The van der Waals surface area contributed by atoms with Gasteiger partial charge in [-0.25, -0.2) is 4.79 Å². The summed E-state index contributed by atoms with van der Waals surface area (Å²) in [6, 6.07) is 6.89. The third-order valence-electron chi connectivity index (χ3n) is 3.27. The van der Waals surface area contributed by atoms with Gasteiger partial charge >= 0.3 is 5.97 Å². The lowest BCUT2D eigenvalue weighted by atomic mass is 10.1. The molecule has 2 N–H and O–H groups in total. The summed E-state index contributed by atoms with van der Waals surface area (Å²) in [6.07, 6.45) is 0. The topological polar surface area (TPSA) is 67.2 Å². The van der Waals surface area contributed by atoms with Crippen LogP contribution in [0.15, 0.2) is 24.3 Å². The molecule has 1 aromatic heterocycles. The highest BCUT2D eigenvalue weighted by atomic mass is 16.4. The largest absolute Gasteiger partial charge is 0.478 e. The van der Waals surface area contributed by atoms with Crippen molar-refractivity contribution in [1.29, 1.82) is 0 Å². The zero-order valence-corrected chi connectivity index (χ0v) is 11.3. The van der Waals surface area contributed by atoms with Crippen LogP contribution in [0.5, 0.6) is 0 Å². The van der Waals surface area contributed by atoms with Crippen molar-refractivity contribution >= 4 is 11.7 Å². The van der Waals surface area contributed by atoms with Crippen LogP contribution in [0.4, 0.5) is 5.69 Å². The Morgan fingerprint density at radius 2 is 2.05 bits per heavy atom. The molecule has 0 unspecified atom stereocenters. The van der Waals surface area contributed by atoms with E-state index in [1.54, 1.807) is 18.2 Å². The van der Waals surface area contributed by atoms with Crippen molar-refractivity contribution in [2.75, 3.05) is 5.32 Å². The molecule has 0 atom stereocenters. The van der Waals surface area contributed by atoms with E-state index in [1.165, 1.54) is 0 Å². The van der Waals surface area contributed by atoms with Gasteiger partial charge in [0.05, 0.1) is 11.3 Å². The van der Waals surface area contributed by atoms with Crippen LogP contribution < -0.4 is 5.32 Å². The second kappa shape index (κ2) is 5.14. The fraction of sp³-hybridized carbons (Fsp3) is 0.286. The van der Waals surface area contributed by atoms with E-state index in [0.29, 0.717) is 12.2 Å². The van der Waals surface area contributed by atoms with Crippen LogP contribution in [0.25, 0.3) is 0 Å². The molecule has 5 heteroatoms. The molecule has 0 saturated carbocycles. The standard InChI is InChI=1S/C14H17N3O2/c1-9-12(10(2)17(3)16-9)8-15-13-7-5-4-6-11(13)14(18)19/h4-7,15H,8H2,1-3H3,(H,18,19). The molecule has 0 amide bonds. The molecule has 1 aromatic carbocycles. The number of carboxylic acid groups (broad SMARTS) is 1. The van der Waals surface area contributed by atoms with E-state index in [0.717, 1.165) is 17.0 Å². The Morgan fingerprint density at radius 3 is 2.63 bits per heavy atom. The molecular weight excluding hydrogens is 242 g/mol. The van der Waals surface area contributed by atoms with Crippen molar-refractivity contribution < 1.29 is 9.90 Å². The van der Waals surface area contributed by atoms with E-state index in [9.17, 15) is 4.79 Å². The van der Waals surface area contributed by atoms with Crippen LogP contribution in [-0.2, 0) is 13.6 Å². The number of nitrogens with zero attached hydrogens (tertiary/aromatic N) is 2. The Bertz CT molecular complexity index is 617. The van der Waals surface area contributed by atoms with Gasteiger partial charge in [-0.05, 0) is 26.0 Å². The first-order chi connectivity index (χ1) is 9.00. The van der Waals surface area contributed by atoms with Crippen molar-refractivity contribution in [3.05, 3.63) is 46.8 Å². The molecule has 100 valence electrons.